The molecule has 2 heterocycles. The summed E-state index contributed by atoms with van der Waals surface area (Å²) in [4.78, 5) is 23.9. The molecule has 31 heavy (non-hydrogen) atoms. The molecule has 0 aliphatic carbocycles. The number of thiazole rings is 1. The maximum absolute atomic E-state index is 13.2. The number of aryl methyl sites for hydroxylation is 4. The molecule has 4 aromatic rings. The van der Waals surface area contributed by atoms with Crippen LogP contribution in [-0.2, 0) is 11.3 Å². The van der Waals surface area contributed by atoms with Crippen molar-refractivity contribution in [2.75, 3.05) is 18.1 Å². The molecule has 0 saturated carbocycles. The molecule has 7 heteroatoms. The summed E-state index contributed by atoms with van der Waals surface area (Å²) in [6.07, 6.45) is 6.27. The van der Waals surface area contributed by atoms with Gasteiger partial charge in [-0.15, -0.1) is 0 Å². The van der Waals surface area contributed by atoms with Gasteiger partial charge in [0.1, 0.15) is 5.75 Å². The second kappa shape index (κ2) is 9.31. The van der Waals surface area contributed by atoms with Crippen LogP contribution in [0.5, 0.6) is 5.75 Å². The Morgan fingerprint density at radius 3 is 2.65 bits per heavy atom. The molecular formula is C24H26N4O2S. The van der Waals surface area contributed by atoms with Crippen LogP contribution in [-0.4, -0.2) is 33.6 Å². The number of rotatable bonds is 8. The van der Waals surface area contributed by atoms with E-state index in [1.165, 1.54) is 5.56 Å². The molecule has 160 valence electrons. The second-order valence-electron chi connectivity index (χ2n) is 7.63. The van der Waals surface area contributed by atoms with Gasteiger partial charge in [0.2, 0.25) is 0 Å². The number of hydrogen-bond acceptors (Lipinski definition) is 5. The van der Waals surface area contributed by atoms with Crippen LogP contribution >= 0.6 is 11.3 Å². The molecule has 0 bridgehead atoms. The molecule has 0 atom stereocenters. The van der Waals surface area contributed by atoms with E-state index >= 15 is 0 Å². The van der Waals surface area contributed by atoms with Gasteiger partial charge in [0, 0.05) is 25.5 Å². The van der Waals surface area contributed by atoms with E-state index in [4.69, 9.17) is 9.72 Å². The number of benzene rings is 2. The lowest BCUT2D eigenvalue weighted by Gasteiger charge is -2.20. The highest BCUT2D eigenvalue weighted by molar-refractivity contribution is 7.22. The van der Waals surface area contributed by atoms with E-state index in [9.17, 15) is 4.79 Å². The number of fused-ring (bicyclic) bond motifs is 1. The number of ether oxygens (including phenoxy) is 1. The summed E-state index contributed by atoms with van der Waals surface area (Å²) in [5.41, 5.74) is 4.26. The first-order valence-electron chi connectivity index (χ1n) is 10.3. The van der Waals surface area contributed by atoms with Gasteiger partial charge < -0.3 is 9.30 Å². The highest BCUT2D eigenvalue weighted by atomic mass is 32.1. The van der Waals surface area contributed by atoms with Gasteiger partial charge in [-0.3, -0.25) is 9.69 Å². The van der Waals surface area contributed by atoms with Crippen LogP contribution in [0, 0.1) is 20.8 Å². The van der Waals surface area contributed by atoms with Gasteiger partial charge in [0.05, 0.1) is 16.5 Å². The largest absolute Gasteiger partial charge is 0.483 e. The van der Waals surface area contributed by atoms with E-state index in [0.29, 0.717) is 6.54 Å². The molecular weight excluding hydrogens is 408 g/mol. The number of para-hydroxylation sites is 1. The Labute approximate surface area is 186 Å². The Balaban J connectivity index is 1.56. The summed E-state index contributed by atoms with van der Waals surface area (Å²) >= 11 is 1.57. The molecule has 0 N–H and O–H groups in total. The summed E-state index contributed by atoms with van der Waals surface area (Å²) in [7, 11) is 0. The lowest BCUT2D eigenvalue weighted by molar-refractivity contribution is -0.120. The van der Waals surface area contributed by atoms with Gasteiger partial charge >= 0.3 is 0 Å². The highest BCUT2D eigenvalue weighted by Gasteiger charge is 2.21. The van der Waals surface area contributed by atoms with Crippen LogP contribution in [0.2, 0.25) is 0 Å². The molecule has 4 rings (SSSR count). The van der Waals surface area contributed by atoms with E-state index in [-0.39, 0.29) is 12.5 Å². The van der Waals surface area contributed by atoms with Gasteiger partial charge in [-0.25, -0.2) is 9.97 Å². The lowest BCUT2D eigenvalue weighted by Crippen LogP contribution is -2.36. The maximum atomic E-state index is 13.2. The second-order valence-corrected chi connectivity index (χ2v) is 8.60. The summed E-state index contributed by atoms with van der Waals surface area (Å²) < 4.78 is 8.99. The monoisotopic (exact) mass is 434 g/mol. The van der Waals surface area contributed by atoms with Gasteiger partial charge in [0.25, 0.3) is 5.91 Å². The fraction of sp³-hybridized carbons (Fsp3) is 0.292. The third-order valence-corrected chi connectivity index (χ3v) is 6.48. The number of carbonyl (C=O) groups is 1. The normalized spacial score (nSPS) is 11.1. The van der Waals surface area contributed by atoms with Gasteiger partial charge in [-0.1, -0.05) is 41.7 Å². The van der Waals surface area contributed by atoms with E-state index in [1.807, 2.05) is 42.0 Å². The van der Waals surface area contributed by atoms with Crippen LogP contribution in [0.4, 0.5) is 5.13 Å². The van der Waals surface area contributed by atoms with Crippen molar-refractivity contribution in [3.8, 4) is 5.75 Å². The minimum absolute atomic E-state index is 0.0240. The van der Waals surface area contributed by atoms with Gasteiger partial charge in [-0.05, 0) is 49.9 Å². The lowest BCUT2D eigenvalue weighted by atomic mass is 10.1. The van der Waals surface area contributed by atoms with E-state index in [0.717, 1.165) is 45.2 Å². The first-order valence-corrected chi connectivity index (χ1v) is 11.2. The molecule has 0 fully saturated rings. The van der Waals surface area contributed by atoms with Crippen molar-refractivity contribution in [1.29, 1.82) is 0 Å². The number of hydrogen-bond donors (Lipinski definition) is 0. The molecule has 6 nitrogen and oxygen atoms in total. The van der Waals surface area contributed by atoms with Crippen molar-refractivity contribution >= 4 is 32.6 Å². The van der Waals surface area contributed by atoms with Crippen LogP contribution in [0.15, 0.2) is 55.1 Å². The zero-order valence-corrected chi connectivity index (χ0v) is 18.9. The Bertz CT molecular complexity index is 1140. The molecule has 0 spiro atoms. The maximum Gasteiger partial charge on any atom is 0.266 e. The van der Waals surface area contributed by atoms with Crippen molar-refractivity contribution < 1.29 is 9.53 Å². The SMILES string of the molecule is Cc1ccccc1OCC(=O)N(CCCn1ccnc1)c1nc2c(C)ccc(C)c2s1. The third kappa shape index (κ3) is 4.77. The number of anilines is 1. The average molecular weight is 435 g/mol. The number of aromatic nitrogens is 3. The van der Waals surface area contributed by atoms with Crippen molar-refractivity contribution in [3.05, 3.63) is 71.8 Å². The number of amides is 1. The minimum Gasteiger partial charge on any atom is -0.483 e. The molecule has 0 saturated heterocycles. The Kier molecular flexibility index (Phi) is 6.32. The fourth-order valence-electron chi connectivity index (χ4n) is 3.46. The molecule has 1 amide bonds. The predicted octanol–water partition coefficient (Wildman–Crippen LogP) is 4.92. The highest BCUT2D eigenvalue weighted by Crippen LogP contribution is 2.33. The van der Waals surface area contributed by atoms with Crippen molar-refractivity contribution in [2.45, 2.75) is 33.7 Å². The molecule has 0 aliphatic heterocycles. The fourth-order valence-corrected chi connectivity index (χ4v) is 4.61. The van der Waals surface area contributed by atoms with Crippen LogP contribution in [0.1, 0.15) is 23.1 Å². The van der Waals surface area contributed by atoms with E-state index in [1.54, 1.807) is 28.8 Å². The van der Waals surface area contributed by atoms with Crippen molar-refractivity contribution in [3.63, 3.8) is 0 Å². The summed E-state index contributed by atoms with van der Waals surface area (Å²) in [5.74, 6) is 0.633. The van der Waals surface area contributed by atoms with E-state index in [2.05, 4.69) is 31.0 Å². The predicted molar refractivity (Wildman–Crippen MR) is 125 cm³/mol. The zero-order valence-electron chi connectivity index (χ0n) is 18.0. The topological polar surface area (TPSA) is 60.2 Å². The molecule has 2 aromatic carbocycles. The summed E-state index contributed by atoms with van der Waals surface area (Å²) in [6.45, 7) is 7.43. The molecule has 0 unspecified atom stereocenters. The molecule has 2 aromatic heterocycles. The van der Waals surface area contributed by atoms with Crippen molar-refractivity contribution in [1.82, 2.24) is 14.5 Å². The average Bonchev–Trinajstić information content (AvgIpc) is 3.44. The standard InChI is InChI=1S/C24H26N4O2S/c1-17-7-4-5-8-20(17)30-15-21(29)28(13-6-12-27-14-11-25-16-27)24-26-22-18(2)9-10-19(3)23(22)31-24/h4-5,7-11,14,16H,6,12-13,15H2,1-3H3. The number of imidazole rings is 1. The first kappa shape index (κ1) is 21.1. The van der Waals surface area contributed by atoms with E-state index < -0.39 is 0 Å². The minimum atomic E-state index is -0.0942. The smallest absolute Gasteiger partial charge is 0.266 e. The zero-order chi connectivity index (χ0) is 21.8. The van der Waals surface area contributed by atoms with Gasteiger partial charge in [0.15, 0.2) is 11.7 Å². The summed E-state index contributed by atoms with van der Waals surface area (Å²) in [6, 6.07) is 11.9. The molecule has 0 aliphatic rings. The Morgan fingerprint density at radius 1 is 1.10 bits per heavy atom. The third-order valence-electron chi connectivity index (χ3n) is 5.26. The number of carbonyl (C=O) groups excluding carboxylic acids is 1. The van der Waals surface area contributed by atoms with Crippen LogP contribution in [0.25, 0.3) is 10.2 Å². The quantitative estimate of drug-likeness (QED) is 0.395. The molecule has 0 radical (unpaired) electrons. The summed E-state index contributed by atoms with van der Waals surface area (Å²) in [5, 5.41) is 0.719. The number of nitrogens with zero attached hydrogens (tertiary/aromatic N) is 4. The Morgan fingerprint density at radius 2 is 1.90 bits per heavy atom. The van der Waals surface area contributed by atoms with Crippen LogP contribution in [0.3, 0.4) is 0 Å². The van der Waals surface area contributed by atoms with Crippen molar-refractivity contribution in [2.24, 2.45) is 0 Å². The van der Waals surface area contributed by atoms with Crippen LogP contribution < -0.4 is 9.64 Å². The Hall–Kier alpha value is -3.19. The first-order chi connectivity index (χ1) is 15.0. The van der Waals surface area contributed by atoms with Gasteiger partial charge in [-0.2, -0.15) is 0 Å².